The minimum atomic E-state index is -0.845. The first-order chi connectivity index (χ1) is 11.4. The number of aromatic nitrogens is 4. The van der Waals surface area contributed by atoms with Gasteiger partial charge < -0.3 is 15.7 Å². The van der Waals surface area contributed by atoms with Crippen molar-refractivity contribution in [2.45, 2.75) is 45.1 Å². The molecule has 2 aromatic rings. The van der Waals surface area contributed by atoms with Crippen molar-refractivity contribution in [1.82, 2.24) is 20.2 Å². The summed E-state index contributed by atoms with van der Waals surface area (Å²) in [7, 11) is 1.91. The Morgan fingerprint density at radius 3 is 2.88 bits per heavy atom. The Kier molecular flexibility index (Phi) is 4.37. The molecule has 0 saturated heterocycles. The third-order valence-corrected chi connectivity index (χ3v) is 4.21. The van der Waals surface area contributed by atoms with Gasteiger partial charge in [0.2, 0.25) is 5.95 Å². The molecule has 24 heavy (non-hydrogen) atoms. The first-order valence-corrected chi connectivity index (χ1v) is 8.04. The molecule has 4 N–H and O–H groups in total. The molecule has 1 fully saturated rings. The van der Waals surface area contributed by atoms with Gasteiger partial charge in [0, 0.05) is 30.6 Å². The van der Waals surface area contributed by atoms with Gasteiger partial charge in [-0.25, -0.2) is 4.98 Å². The van der Waals surface area contributed by atoms with E-state index in [2.05, 4.69) is 26.2 Å². The highest BCUT2D eigenvalue weighted by atomic mass is 16.4. The van der Waals surface area contributed by atoms with Crippen LogP contribution in [0, 0.1) is 6.92 Å². The van der Waals surface area contributed by atoms with Gasteiger partial charge in [-0.1, -0.05) is 0 Å². The number of aromatic amines is 1. The fraction of sp³-hybridized carbons (Fsp3) is 0.500. The van der Waals surface area contributed by atoms with Crippen LogP contribution in [0.15, 0.2) is 6.07 Å². The number of aryl methyl sites for hydroxylation is 1. The molecule has 0 amide bonds. The highest BCUT2D eigenvalue weighted by Gasteiger charge is 2.26. The van der Waals surface area contributed by atoms with Crippen LogP contribution in [0.4, 0.5) is 11.8 Å². The van der Waals surface area contributed by atoms with Crippen LogP contribution in [-0.4, -0.2) is 38.3 Å². The minimum absolute atomic E-state index is 0.0326. The number of hydrogen-bond donors (Lipinski definition) is 3. The van der Waals surface area contributed by atoms with Gasteiger partial charge in [0.15, 0.2) is 0 Å². The number of nitrogens with one attached hydrogen (secondary N) is 1. The maximum Gasteiger partial charge on any atom is 0.303 e. The van der Waals surface area contributed by atoms with E-state index >= 15 is 0 Å². The lowest BCUT2D eigenvalue weighted by Gasteiger charge is -2.21. The molecule has 3 rings (SSSR count). The van der Waals surface area contributed by atoms with Crippen LogP contribution in [-0.2, 0) is 17.8 Å². The van der Waals surface area contributed by atoms with E-state index in [4.69, 9.17) is 10.8 Å². The van der Waals surface area contributed by atoms with Crippen molar-refractivity contribution >= 4 is 17.7 Å². The lowest BCUT2D eigenvalue weighted by molar-refractivity contribution is -0.136. The zero-order valence-electron chi connectivity index (χ0n) is 13.9. The first-order valence-electron chi connectivity index (χ1n) is 8.04. The van der Waals surface area contributed by atoms with Crippen LogP contribution in [0.5, 0.6) is 0 Å². The fourth-order valence-corrected chi connectivity index (χ4v) is 2.82. The first kappa shape index (κ1) is 16.2. The van der Waals surface area contributed by atoms with Crippen LogP contribution in [0.3, 0.4) is 0 Å². The highest BCUT2D eigenvalue weighted by molar-refractivity contribution is 5.67. The molecule has 2 heterocycles. The number of nitrogen functional groups attached to an aromatic ring is 1. The number of rotatable bonds is 7. The second-order valence-corrected chi connectivity index (χ2v) is 6.31. The molecule has 0 bridgehead atoms. The molecular weight excluding hydrogens is 308 g/mol. The van der Waals surface area contributed by atoms with Crippen molar-refractivity contribution in [2.75, 3.05) is 17.7 Å². The van der Waals surface area contributed by atoms with E-state index in [1.54, 1.807) is 0 Å². The summed E-state index contributed by atoms with van der Waals surface area (Å²) in [6, 6.07) is 2.09. The average Bonchev–Trinajstić information content (AvgIpc) is 3.26. The molecule has 2 aromatic heterocycles. The summed E-state index contributed by atoms with van der Waals surface area (Å²) in [5.41, 5.74) is 9.43. The molecule has 0 spiro atoms. The summed E-state index contributed by atoms with van der Waals surface area (Å²) in [5.74, 6) is 0.617. The van der Waals surface area contributed by atoms with Gasteiger partial charge in [0.25, 0.3) is 0 Å². The smallest absolute Gasteiger partial charge is 0.303 e. The van der Waals surface area contributed by atoms with Crippen LogP contribution >= 0.6 is 0 Å². The molecule has 1 aliphatic carbocycles. The van der Waals surface area contributed by atoms with E-state index in [0.717, 1.165) is 17.0 Å². The summed E-state index contributed by atoms with van der Waals surface area (Å²) >= 11 is 0. The van der Waals surface area contributed by atoms with Crippen LogP contribution in [0.1, 0.15) is 47.8 Å². The fourth-order valence-electron chi connectivity index (χ4n) is 2.82. The summed E-state index contributed by atoms with van der Waals surface area (Å²) in [6.07, 6.45) is 2.82. The molecule has 128 valence electrons. The summed E-state index contributed by atoms with van der Waals surface area (Å²) < 4.78 is 0. The SMILES string of the molecule is Cc1nc(N)nc(N(C)Cc2cc(C3CC3)n[nH]2)c1CCC(=O)O. The van der Waals surface area contributed by atoms with Crippen molar-refractivity contribution in [3.8, 4) is 0 Å². The van der Waals surface area contributed by atoms with Crippen molar-refractivity contribution in [3.63, 3.8) is 0 Å². The molecule has 1 aliphatic rings. The Balaban J connectivity index is 1.81. The largest absolute Gasteiger partial charge is 0.481 e. The van der Waals surface area contributed by atoms with Gasteiger partial charge in [-0.05, 0) is 32.3 Å². The van der Waals surface area contributed by atoms with Crippen molar-refractivity contribution < 1.29 is 9.90 Å². The molecule has 0 radical (unpaired) electrons. The minimum Gasteiger partial charge on any atom is -0.481 e. The lowest BCUT2D eigenvalue weighted by Crippen LogP contribution is -2.22. The van der Waals surface area contributed by atoms with Crippen molar-refractivity contribution in [1.29, 1.82) is 0 Å². The van der Waals surface area contributed by atoms with Gasteiger partial charge in [-0.15, -0.1) is 0 Å². The van der Waals surface area contributed by atoms with Crippen molar-refractivity contribution in [2.24, 2.45) is 0 Å². The van der Waals surface area contributed by atoms with Gasteiger partial charge >= 0.3 is 5.97 Å². The number of carbonyl (C=O) groups is 1. The number of H-pyrrole nitrogens is 1. The normalized spacial score (nSPS) is 13.9. The predicted molar refractivity (Wildman–Crippen MR) is 89.8 cm³/mol. The zero-order chi connectivity index (χ0) is 17.3. The monoisotopic (exact) mass is 330 g/mol. The third-order valence-electron chi connectivity index (χ3n) is 4.21. The topological polar surface area (TPSA) is 121 Å². The standard InChI is InChI=1S/C16H22N6O2/c1-9-12(5-6-14(23)24)15(19-16(17)18-9)22(2)8-11-7-13(21-20-11)10-3-4-10/h7,10H,3-6,8H2,1-2H3,(H,20,21)(H,23,24)(H2,17,18,19). The number of carboxylic acid groups (broad SMARTS) is 1. The number of anilines is 2. The third kappa shape index (κ3) is 3.64. The number of nitrogens with zero attached hydrogens (tertiary/aromatic N) is 4. The Bertz CT molecular complexity index is 753. The summed E-state index contributed by atoms with van der Waals surface area (Å²) in [5, 5.41) is 16.4. The molecular formula is C16H22N6O2. The zero-order valence-corrected chi connectivity index (χ0v) is 13.9. The number of carboxylic acids is 1. The molecule has 1 saturated carbocycles. The Morgan fingerprint density at radius 2 is 2.21 bits per heavy atom. The average molecular weight is 330 g/mol. The summed E-state index contributed by atoms with van der Waals surface area (Å²) in [6.45, 7) is 2.42. The van der Waals surface area contributed by atoms with E-state index in [1.807, 2.05) is 18.9 Å². The van der Waals surface area contributed by atoms with Crippen LogP contribution < -0.4 is 10.6 Å². The number of hydrogen-bond acceptors (Lipinski definition) is 6. The van der Waals surface area contributed by atoms with Gasteiger partial charge in [0.05, 0.1) is 17.9 Å². The van der Waals surface area contributed by atoms with E-state index in [0.29, 0.717) is 30.4 Å². The molecule has 0 unspecified atom stereocenters. The lowest BCUT2D eigenvalue weighted by atomic mass is 10.1. The molecule has 0 aromatic carbocycles. The Labute approximate surface area is 140 Å². The van der Waals surface area contributed by atoms with Crippen LogP contribution in [0.25, 0.3) is 0 Å². The molecule has 0 atom stereocenters. The maximum atomic E-state index is 10.9. The van der Waals surface area contributed by atoms with E-state index in [1.165, 1.54) is 12.8 Å². The van der Waals surface area contributed by atoms with E-state index in [-0.39, 0.29) is 12.4 Å². The quantitative estimate of drug-likeness (QED) is 0.705. The predicted octanol–water partition coefficient (Wildman–Crippen LogP) is 1.62. The van der Waals surface area contributed by atoms with E-state index < -0.39 is 5.97 Å². The molecule has 8 heteroatoms. The number of aliphatic carboxylic acids is 1. The maximum absolute atomic E-state index is 10.9. The highest BCUT2D eigenvalue weighted by Crippen LogP contribution is 2.39. The van der Waals surface area contributed by atoms with Crippen LogP contribution in [0.2, 0.25) is 0 Å². The number of nitrogens with two attached hydrogens (primary N) is 1. The van der Waals surface area contributed by atoms with Gasteiger partial charge in [-0.3, -0.25) is 9.89 Å². The van der Waals surface area contributed by atoms with Crippen molar-refractivity contribution in [3.05, 3.63) is 28.7 Å². The summed E-state index contributed by atoms with van der Waals surface area (Å²) in [4.78, 5) is 21.3. The second-order valence-electron chi connectivity index (χ2n) is 6.31. The molecule has 0 aliphatic heterocycles. The second kappa shape index (κ2) is 6.46. The van der Waals surface area contributed by atoms with E-state index in [9.17, 15) is 4.79 Å². The van der Waals surface area contributed by atoms with Gasteiger partial charge in [-0.2, -0.15) is 10.1 Å². The van der Waals surface area contributed by atoms with Gasteiger partial charge in [0.1, 0.15) is 5.82 Å². The Hall–Kier alpha value is -2.64. The Morgan fingerprint density at radius 1 is 1.46 bits per heavy atom. The molecule has 8 nitrogen and oxygen atoms in total.